The van der Waals surface area contributed by atoms with Gasteiger partial charge in [-0.2, -0.15) is 0 Å². The maximum Gasteiger partial charge on any atom is 0.138 e. The maximum absolute atomic E-state index is 6.14. The van der Waals surface area contributed by atoms with Gasteiger partial charge in [-0.05, 0) is 24.0 Å². The zero-order valence-electron chi connectivity index (χ0n) is 11.4. The fraction of sp³-hybridized carbons (Fsp3) is 0.500. The van der Waals surface area contributed by atoms with Gasteiger partial charge in [-0.15, -0.1) is 0 Å². The fourth-order valence-electron chi connectivity index (χ4n) is 2.19. The van der Waals surface area contributed by atoms with Crippen molar-refractivity contribution in [3.05, 3.63) is 30.6 Å². The lowest BCUT2D eigenvalue weighted by Gasteiger charge is -2.23. The van der Waals surface area contributed by atoms with E-state index < -0.39 is 0 Å². The molecule has 1 atom stereocenters. The molecule has 0 amide bonds. The molecule has 2 aromatic heterocycles. The molecule has 2 rings (SSSR count). The van der Waals surface area contributed by atoms with Crippen molar-refractivity contribution in [3.63, 3.8) is 0 Å². The number of hydrogen-bond donors (Lipinski definition) is 2. The highest BCUT2D eigenvalue weighted by atomic mass is 15.1. The molecule has 0 aromatic carbocycles. The number of pyridine rings is 1. The minimum Gasteiger partial charge on any atom is -0.370 e. The zero-order valence-corrected chi connectivity index (χ0v) is 11.4. The monoisotopic (exact) mass is 246 g/mol. The second kappa shape index (κ2) is 4.98. The Bertz CT molecular complexity index is 510. The maximum atomic E-state index is 6.14. The predicted molar refractivity (Wildman–Crippen MR) is 75.7 cm³/mol. The Kier molecular flexibility index (Phi) is 3.57. The SMILES string of the molecule is CC(C)(C)CC(N)CNc1cccc2nccn12. The van der Waals surface area contributed by atoms with Crippen LogP contribution in [0.3, 0.4) is 0 Å². The number of hydrogen-bond acceptors (Lipinski definition) is 3. The van der Waals surface area contributed by atoms with Crippen LogP contribution >= 0.6 is 0 Å². The highest BCUT2D eigenvalue weighted by Gasteiger charge is 2.15. The minimum atomic E-state index is 0.156. The van der Waals surface area contributed by atoms with Gasteiger partial charge in [0.05, 0.1) is 0 Å². The first-order valence-corrected chi connectivity index (χ1v) is 6.37. The van der Waals surface area contributed by atoms with Crippen LogP contribution in [-0.2, 0) is 0 Å². The standard InChI is InChI=1S/C14H22N4/c1-14(2,3)9-11(15)10-17-13-6-4-5-12-16-7-8-18(12)13/h4-8,11,17H,9-10,15H2,1-3H3. The van der Waals surface area contributed by atoms with Crippen LogP contribution in [0.2, 0.25) is 0 Å². The van der Waals surface area contributed by atoms with Crippen molar-refractivity contribution in [2.75, 3.05) is 11.9 Å². The van der Waals surface area contributed by atoms with E-state index in [0.717, 1.165) is 24.4 Å². The normalized spacial score (nSPS) is 13.8. The topological polar surface area (TPSA) is 55.3 Å². The molecular formula is C14H22N4. The molecule has 2 aromatic rings. The molecule has 4 nitrogen and oxygen atoms in total. The summed E-state index contributed by atoms with van der Waals surface area (Å²) in [4.78, 5) is 4.26. The number of rotatable bonds is 4. The van der Waals surface area contributed by atoms with E-state index in [9.17, 15) is 0 Å². The summed E-state index contributed by atoms with van der Waals surface area (Å²) in [5, 5.41) is 3.39. The Morgan fingerprint density at radius 3 is 2.89 bits per heavy atom. The van der Waals surface area contributed by atoms with Gasteiger partial charge >= 0.3 is 0 Å². The second-order valence-corrected chi connectivity index (χ2v) is 5.97. The first kappa shape index (κ1) is 12.9. The van der Waals surface area contributed by atoms with Crippen LogP contribution in [0.5, 0.6) is 0 Å². The summed E-state index contributed by atoms with van der Waals surface area (Å²) in [5.74, 6) is 1.04. The van der Waals surface area contributed by atoms with E-state index in [0.29, 0.717) is 0 Å². The van der Waals surface area contributed by atoms with Crippen molar-refractivity contribution in [2.45, 2.75) is 33.2 Å². The molecule has 0 spiro atoms. The third kappa shape index (κ3) is 3.23. The van der Waals surface area contributed by atoms with Crippen molar-refractivity contribution in [1.29, 1.82) is 0 Å². The molecular weight excluding hydrogens is 224 g/mol. The van der Waals surface area contributed by atoms with Crippen molar-refractivity contribution in [3.8, 4) is 0 Å². The Morgan fingerprint density at radius 1 is 1.39 bits per heavy atom. The molecule has 0 saturated carbocycles. The number of aromatic nitrogens is 2. The van der Waals surface area contributed by atoms with Gasteiger partial charge < -0.3 is 11.1 Å². The van der Waals surface area contributed by atoms with Gasteiger partial charge in [0.2, 0.25) is 0 Å². The van der Waals surface area contributed by atoms with Gasteiger partial charge in [0, 0.05) is 25.0 Å². The molecule has 1 unspecified atom stereocenters. The summed E-state index contributed by atoms with van der Waals surface area (Å²) in [6.07, 6.45) is 4.75. The van der Waals surface area contributed by atoms with Gasteiger partial charge in [-0.25, -0.2) is 4.98 Å². The Labute approximate surface area is 108 Å². The van der Waals surface area contributed by atoms with Gasteiger partial charge in [-0.1, -0.05) is 26.8 Å². The number of fused-ring (bicyclic) bond motifs is 1. The Morgan fingerprint density at radius 2 is 2.17 bits per heavy atom. The van der Waals surface area contributed by atoms with E-state index in [1.807, 2.05) is 28.8 Å². The van der Waals surface area contributed by atoms with Crippen LogP contribution in [0, 0.1) is 5.41 Å². The molecule has 18 heavy (non-hydrogen) atoms. The quantitative estimate of drug-likeness (QED) is 0.871. The number of nitrogens with one attached hydrogen (secondary N) is 1. The molecule has 98 valence electrons. The smallest absolute Gasteiger partial charge is 0.138 e. The van der Waals surface area contributed by atoms with Crippen LogP contribution in [0.4, 0.5) is 5.82 Å². The van der Waals surface area contributed by atoms with E-state index in [1.165, 1.54) is 0 Å². The fourth-order valence-corrected chi connectivity index (χ4v) is 2.19. The molecule has 0 aliphatic rings. The van der Waals surface area contributed by atoms with Crippen molar-refractivity contribution >= 4 is 11.5 Å². The lowest BCUT2D eigenvalue weighted by Crippen LogP contribution is -2.33. The first-order chi connectivity index (χ1) is 8.46. The number of nitrogens with zero attached hydrogens (tertiary/aromatic N) is 2. The molecule has 0 radical (unpaired) electrons. The van der Waals surface area contributed by atoms with E-state index in [2.05, 4.69) is 31.1 Å². The molecule has 0 bridgehead atoms. The largest absolute Gasteiger partial charge is 0.370 e. The average molecular weight is 246 g/mol. The number of anilines is 1. The minimum absolute atomic E-state index is 0.156. The Hall–Kier alpha value is -1.55. The van der Waals surface area contributed by atoms with Gasteiger partial charge in [0.25, 0.3) is 0 Å². The van der Waals surface area contributed by atoms with Gasteiger partial charge in [0.15, 0.2) is 0 Å². The molecule has 0 aliphatic carbocycles. The zero-order chi connectivity index (χ0) is 13.2. The molecule has 3 N–H and O–H groups in total. The summed E-state index contributed by atoms with van der Waals surface area (Å²) in [6.45, 7) is 7.41. The third-order valence-corrected chi connectivity index (χ3v) is 2.85. The molecule has 0 saturated heterocycles. The van der Waals surface area contributed by atoms with E-state index in [1.54, 1.807) is 6.20 Å². The van der Waals surface area contributed by atoms with E-state index in [-0.39, 0.29) is 11.5 Å². The molecule has 2 heterocycles. The predicted octanol–water partition coefficient (Wildman–Crippen LogP) is 2.51. The molecule has 0 fully saturated rings. The second-order valence-electron chi connectivity index (χ2n) is 5.97. The highest BCUT2D eigenvalue weighted by Crippen LogP contribution is 2.20. The lowest BCUT2D eigenvalue weighted by molar-refractivity contribution is 0.344. The first-order valence-electron chi connectivity index (χ1n) is 6.37. The lowest BCUT2D eigenvalue weighted by atomic mass is 9.88. The highest BCUT2D eigenvalue weighted by molar-refractivity contribution is 5.49. The molecule has 4 heteroatoms. The molecule has 0 aliphatic heterocycles. The van der Waals surface area contributed by atoms with E-state index >= 15 is 0 Å². The average Bonchev–Trinajstić information content (AvgIpc) is 2.72. The van der Waals surface area contributed by atoms with Crippen LogP contribution in [0.25, 0.3) is 5.65 Å². The number of nitrogens with two attached hydrogens (primary N) is 1. The Balaban J connectivity index is 2.00. The third-order valence-electron chi connectivity index (χ3n) is 2.85. The summed E-state index contributed by atoms with van der Waals surface area (Å²) >= 11 is 0. The van der Waals surface area contributed by atoms with Crippen molar-refractivity contribution in [1.82, 2.24) is 9.38 Å². The van der Waals surface area contributed by atoms with Crippen LogP contribution in [0.1, 0.15) is 27.2 Å². The summed E-state index contributed by atoms with van der Waals surface area (Å²) in [6, 6.07) is 6.18. The summed E-state index contributed by atoms with van der Waals surface area (Å²) < 4.78 is 2.03. The van der Waals surface area contributed by atoms with Crippen molar-refractivity contribution in [2.24, 2.45) is 11.1 Å². The van der Waals surface area contributed by atoms with E-state index in [4.69, 9.17) is 5.73 Å². The van der Waals surface area contributed by atoms with Gasteiger partial charge in [0.1, 0.15) is 11.5 Å². The number of imidazole rings is 1. The van der Waals surface area contributed by atoms with Crippen LogP contribution in [-0.4, -0.2) is 22.0 Å². The van der Waals surface area contributed by atoms with Gasteiger partial charge in [-0.3, -0.25) is 4.40 Å². The summed E-state index contributed by atoms with van der Waals surface area (Å²) in [7, 11) is 0. The van der Waals surface area contributed by atoms with Crippen molar-refractivity contribution < 1.29 is 0 Å². The van der Waals surface area contributed by atoms with Crippen LogP contribution < -0.4 is 11.1 Å². The van der Waals surface area contributed by atoms with Crippen LogP contribution in [0.15, 0.2) is 30.6 Å². The summed E-state index contributed by atoms with van der Waals surface area (Å²) in [5.41, 5.74) is 7.35.